The summed E-state index contributed by atoms with van der Waals surface area (Å²) >= 11 is 0. The molecule has 1 unspecified atom stereocenters. The number of amides is 1. The van der Waals surface area contributed by atoms with Crippen molar-refractivity contribution in [2.75, 3.05) is 32.1 Å². The molecule has 160 valence electrons. The molecule has 1 amide bonds. The molecule has 31 heavy (non-hydrogen) atoms. The van der Waals surface area contributed by atoms with E-state index < -0.39 is 0 Å². The van der Waals surface area contributed by atoms with E-state index in [0.717, 1.165) is 36.3 Å². The lowest BCUT2D eigenvalue weighted by Crippen LogP contribution is -2.45. The number of carbonyl (C=O) groups is 1. The predicted molar refractivity (Wildman–Crippen MR) is 122 cm³/mol. The maximum Gasteiger partial charge on any atom is 0.233 e. The number of hydrogen-bond donors (Lipinski definition) is 0. The fraction of sp³-hybridized carbons (Fsp3) is 0.320. The summed E-state index contributed by atoms with van der Waals surface area (Å²) in [6, 6.07) is 22.2. The molecule has 1 fully saturated rings. The second kappa shape index (κ2) is 9.60. The minimum atomic E-state index is -0.0577. The predicted octanol–water partition coefficient (Wildman–Crippen LogP) is 3.82. The van der Waals surface area contributed by atoms with Crippen molar-refractivity contribution in [1.29, 1.82) is 0 Å². The largest absolute Gasteiger partial charge is 0.471 e. The number of rotatable bonds is 6. The Balaban J connectivity index is 1.33. The van der Waals surface area contributed by atoms with Crippen molar-refractivity contribution in [3.05, 3.63) is 72.3 Å². The number of piperidine rings is 1. The number of nitrogens with zero attached hydrogens (tertiary/aromatic N) is 4. The average molecular weight is 417 g/mol. The molecule has 1 aliphatic heterocycles. The van der Waals surface area contributed by atoms with Crippen LogP contribution in [-0.4, -0.2) is 54.3 Å². The SMILES string of the molecule is CN(C)c1ccc(OC2CCCN(C(=O)Cc3ccc(-c4ccccc4)cc3)C2)nn1. The van der Waals surface area contributed by atoms with E-state index in [9.17, 15) is 4.79 Å². The van der Waals surface area contributed by atoms with Gasteiger partial charge in [-0.15, -0.1) is 10.2 Å². The van der Waals surface area contributed by atoms with Gasteiger partial charge in [0.2, 0.25) is 11.8 Å². The summed E-state index contributed by atoms with van der Waals surface area (Å²) in [5.41, 5.74) is 3.36. The Labute approximate surface area is 183 Å². The summed E-state index contributed by atoms with van der Waals surface area (Å²) in [5, 5.41) is 8.30. The van der Waals surface area contributed by atoms with Gasteiger partial charge in [-0.3, -0.25) is 4.79 Å². The Morgan fingerprint density at radius 2 is 1.74 bits per heavy atom. The molecular formula is C25H28N4O2. The van der Waals surface area contributed by atoms with E-state index in [2.05, 4.69) is 34.5 Å². The Bertz CT molecular complexity index is 988. The summed E-state index contributed by atoms with van der Waals surface area (Å²) in [5.74, 6) is 1.42. The molecule has 0 bridgehead atoms. The van der Waals surface area contributed by atoms with Crippen molar-refractivity contribution in [3.8, 4) is 17.0 Å². The minimum absolute atomic E-state index is 0.0577. The van der Waals surface area contributed by atoms with E-state index in [4.69, 9.17) is 4.74 Å². The standard InChI is InChI=1S/C25H28N4O2/c1-28(2)23-14-15-24(27-26-23)31-22-9-6-16-29(18-22)25(30)17-19-10-12-21(13-11-19)20-7-4-3-5-8-20/h3-5,7-8,10-15,22H,6,9,16-18H2,1-2H3. The molecule has 2 aromatic carbocycles. The molecule has 0 N–H and O–H groups in total. The van der Waals surface area contributed by atoms with Gasteiger partial charge in [-0.2, -0.15) is 0 Å². The van der Waals surface area contributed by atoms with Gasteiger partial charge in [-0.1, -0.05) is 54.6 Å². The Kier molecular flexibility index (Phi) is 6.46. The van der Waals surface area contributed by atoms with E-state index in [1.165, 1.54) is 5.56 Å². The average Bonchev–Trinajstić information content (AvgIpc) is 2.81. The molecule has 1 aromatic heterocycles. The summed E-state index contributed by atoms with van der Waals surface area (Å²) in [6.07, 6.45) is 2.18. The molecule has 3 aromatic rings. The van der Waals surface area contributed by atoms with Crippen LogP contribution in [0.25, 0.3) is 11.1 Å². The van der Waals surface area contributed by atoms with Crippen LogP contribution in [0.3, 0.4) is 0 Å². The fourth-order valence-electron chi connectivity index (χ4n) is 3.78. The van der Waals surface area contributed by atoms with Crippen molar-refractivity contribution >= 4 is 11.7 Å². The number of aromatic nitrogens is 2. The Morgan fingerprint density at radius 3 is 2.42 bits per heavy atom. The van der Waals surface area contributed by atoms with Crippen molar-refractivity contribution in [2.24, 2.45) is 0 Å². The van der Waals surface area contributed by atoms with Gasteiger partial charge in [0.15, 0.2) is 5.82 Å². The second-order valence-electron chi connectivity index (χ2n) is 8.09. The lowest BCUT2D eigenvalue weighted by Gasteiger charge is -2.32. The van der Waals surface area contributed by atoms with Crippen molar-refractivity contribution < 1.29 is 9.53 Å². The quantitative estimate of drug-likeness (QED) is 0.611. The molecule has 1 atom stereocenters. The molecule has 4 rings (SSSR count). The first-order chi connectivity index (χ1) is 15.1. The van der Waals surface area contributed by atoms with Crippen LogP contribution in [0.2, 0.25) is 0 Å². The molecular weight excluding hydrogens is 388 g/mol. The molecule has 2 heterocycles. The third-order valence-corrected chi connectivity index (χ3v) is 5.52. The zero-order valence-electron chi connectivity index (χ0n) is 18.1. The Morgan fingerprint density at radius 1 is 1.00 bits per heavy atom. The number of benzene rings is 2. The number of anilines is 1. The molecule has 1 aliphatic rings. The molecule has 0 aliphatic carbocycles. The first kappa shape index (κ1) is 20.8. The van der Waals surface area contributed by atoms with Crippen molar-refractivity contribution in [1.82, 2.24) is 15.1 Å². The van der Waals surface area contributed by atoms with Crippen molar-refractivity contribution in [3.63, 3.8) is 0 Å². The van der Waals surface area contributed by atoms with Crippen LogP contribution in [0.5, 0.6) is 5.88 Å². The second-order valence-corrected chi connectivity index (χ2v) is 8.09. The van der Waals surface area contributed by atoms with Gasteiger partial charge in [0.1, 0.15) is 6.10 Å². The highest BCUT2D eigenvalue weighted by molar-refractivity contribution is 5.79. The molecule has 6 nitrogen and oxygen atoms in total. The number of carbonyl (C=O) groups excluding carboxylic acids is 1. The molecule has 0 saturated carbocycles. The van der Waals surface area contributed by atoms with Crippen LogP contribution in [0.1, 0.15) is 18.4 Å². The summed E-state index contributed by atoms with van der Waals surface area (Å²) in [7, 11) is 3.84. The summed E-state index contributed by atoms with van der Waals surface area (Å²) in [6.45, 7) is 1.35. The zero-order chi connectivity index (χ0) is 21.6. The van der Waals surface area contributed by atoms with Crippen LogP contribution in [0, 0.1) is 0 Å². The monoisotopic (exact) mass is 416 g/mol. The molecule has 1 saturated heterocycles. The lowest BCUT2D eigenvalue weighted by molar-refractivity contribution is -0.133. The summed E-state index contributed by atoms with van der Waals surface area (Å²) in [4.78, 5) is 16.7. The van der Waals surface area contributed by atoms with E-state index in [0.29, 0.717) is 18.8 Å². The van der Waals surface area contributed by atoms with Gasteiger partial charge < -0.3 is 14.5 Å². The smallest absolute Gasteiger partial charge is 0.233 e. The van der Waals surface area contributed by atoms with Gasteiger partial charge in [0, 0.05) is 26.7 Å². The van der Waals surface area contributed by atoms with E-state index in [1.54, 1.807) is 0 Å². The van der Waals surface area contributed by atoms with Crippen LogP contribution >= 0.6 is 0 Å². The van der Waals surface area contributed by atoms with Crippen LogP contribution in [-0.2, 0) is 11.2 Å². The first-order valence-electron chi connectivity index (χ1n) is 10.7. The minimum Gasteiger partial charge on any atom is -0.471 e. The highest BCUT2D eigenvalue weighted by Gasteiger charge is 2.25. The van der Waals surface area contributed by atoms with Crippen LogP contribution in [0.15, 0.2) is 66.7 Å². The highest BCUT2D eigenvalue weighted by atomic mass is 16.5. The third kappa shape index (κ3) is 5.40. The first-order valence-corrected chi connectivity index (χ1v) is 10.7. The van der Waals surface area contributed by atoms with Crippen molar-refractivity contribution in [2.45, 2.75) is 25.4 Å². The van der Waals surface area contributed by atoms with Gasteiger partial charge in [0.05, 0.1) is 13.0 Å². The van der Waals surface area contributed by atoms with Gasteiger partial charge in [-0.25, -0.2) is 0 Å². The number of hydrogen-bond acceptors (Lipinski definition) is 5. The topological polar surface area (TPSA) is 58.6 Å². The van der Waals surface area contributed by atoms with Crippen LogP contribution < -0.4 is 9.64 Å². The molecule has 6 heteroatoms. The number of ether oxygens (including phenoxy) is 1. The van der Waals surface area contributed by atoms with Gasteiger partial charge in [-0.05, 0) is 35.6 Å². The lowest BCUT2D eigenvalue weighted by atomic mass is 10.0. The maximum absolute atomic E-state index is 12.9. The van der Waals surface area contributed by atoms with E-state index in [-0.39, 0.29) is 12.0 Å². The van der Waals surface area contributed by atoms with Gasteiger partial charge >= 0.3 is 0 Å². The van der Waals surface area contributed by atoms with Crippen LogP contribution in [0.4, 0.5) is 5.82 Å². The van der Waals surface area contributed by atoms with E-state index in [1.807, 2.05) is 66.4 Å². The normalized spacial score (nSPS) is 16.1. The van der Waals surface area contributed by atoms with Gasteiger partial charge in [0.25, 0.3) is 0 Å². The molecule has 0 spiro atoms. The molecule has 0 radical (unpaired) electrons. The van der Waals surface area contributed by atoms with E-state index >= 15 is 0 Å². The Hall–Kier alpha value is -3.41. The third-order valence-electron chi connectivity index (χ3n) is 5.52. The maximum atomic E-state index is 12.9. The highest BCUT2D eigenvalue weighted by Crippen LogP contribution is 2.21. The zero-order valence-corrected chi connectivity index (χ0v) is 18.1. The summed E-state index contributed by atoms with van der Waals surface area (Å²) < 4.78 is 6.00. The number of likely N-dealkylation sites (tertiary alicyclic amines) is 1. The fourth-order valence-corrected chi connectivity index (χ4v) is 3.78.